The number of likely N-dealkylation sites (tertiary alicyclic amines) is 1. The summed E-state index contributed by atoms with van der Waals surface area (Å²) in [6, 6.07) is 7.61. The molecule has 6 nitrogen and oxygen atoms in total. The summed E-state index contributed by atoms with van der Waals surface area (Å²) in [7, 11) is 1.48. The van der Waals surface area contributed by atoms with Crippen molar-refractivity contribution in [2.24, 2.45) is 0 Å². The van der Waals surface area contributed by atoms with E-state index < -0.39 is 0 Å². The molecule has 1 aromatic carbocycles. The maximum Gasteiger partial charge on any atom is 0.250 e. The monoisotopic (exact) mass is 347 g/mol. The molecule has 6 heteroatoms. The first-order valence-corrected chi connectivity index (χ1v) is 8.90. The van der Waals surface area contributed by atoms with E-state index in [9.17, 15) is 9.59 Å². The molecule has 25 heavy (non-hydrogen) atoms. The summed E-state index contributed by atoms with van der Waals surface area (Å²) >= 11 is 0. The second-order valence-corrected chi connectivity index (χ2v) is 6.80. The van der Waals surface area contributed by atoms with Crippen molar-refractivity contribution in [1.82, 2.24) is 4.90 Å². The fourth-order valence-electron chi connectivity index (χ4n) is 3.37. The van der Waals surface area contributed by atoms with E-state index in [0.717, 1.165) is 18.5 Å². The molecule has 0 saturated carbocycles. The van der Waals surface area contributed by atoms with Crippen molar-refractivity contribution in [3.63, 3.8) is 0 Å². The molecule has 1 heterocycles. The van der Waals surface area contributed by atoms with Gasteiger partial charge in [-0.3, -0.25) is 9.59 Å². The van der Waals surface area contributed by atoms with Crippen LogP contribution in [0.2, 0.25) is 0 Å². The minimum absolute atomic E-state index is 0.0255. The summed E-state index contributed by atoms with van der Waals surface area (Å²) in [6.45, 7) is 6.16. The summed E-state index contributed by atoms with van der Waals surface area (Å²) in [6.07, 6.45) is 3.32. The van der Waals surface area contributed by atoms with Gasteiger partial charge in [-0.15, -0.1) is 0 Å². The van der Waals surface area contributed by atoms with E-state index in [1.165, 1.54) is 13.5 Å². The number of nitrogens with one attached hydrogen (secondary N) is 2. The number of anilines is 2. The van der Waals surface area contributed by atoms with Gasteiger partial charge in [0.2, 0.25) is 11.8 Å². The molecule has 0 aromatic heterocycles. The lowest BCUT2D eigenvalue weighted by Gasteiger charge is -2.40. The number of amides is 2. The molecule has 0 unspecified atom stereocenters. The van der Waals surface area contributed by atoms with Gasteiger partial charge in [-0.05, 0) is 64.3 Å². The van der Waals surface area contributed by atoms with E-state index in [1.807, 2.05) is 24.0 Å². The Morgan fingerprint density at radius 3 is 2.28 bits per heavy atom. The third-order valence-electron chi connectivity index (χ3n) is 4.65. The number of ether oxygens (including phenoxy) is 1. The third-order valence-corrected chi connectivity index (χ3v) is 4.65. The summed E-state index contributed by atoms with van der Waals surface area (Å²) in [5.74, 6) is -0.0583. The van der Waals surface area contributed by atoms with Crippen LogP contribution in [0.25, 0.3) is 0 Å². The van der Waals surface area contributed by atoms with Crippen molar-refractivity contribution in [2.75, 3.05) is 24.4 Å². The van der Waals surface area contributed by atoms with Crippen LogP contribution in [0.15, 0.2) is 24.3 Å². The van der Waals surface area contributed by atoms with Gasteiger partial charge >= 0.3 is 0 Å². The van der Waals surface area contributed by atoms with Gasteiger partial charge in [0.1, 0.15) is 12.6 Å². The minimum atomic E-state index is -0.295. The molecule has 1 fully saturated rings. The summed E-state index contributed by atoms with van der Waals surface area (Å²) in [5, 5.41) is 6.00. The van der Waals surface area contributed by atoms with Crippen molar-refractivity contribution >= 4 is 23.2 Å². The van der Waals surface area contributed by atoms with Crippen LogP contribution in [-0.4, -0.2) is 48.6 Å². The summed E-state index contributed by atoms with van der Waals surface area (Å²) in [4.78, 5) is 26.3. The predicted molar refractivity (Wildman–Crippen MR) is 99.7 cm³/mol. The fourth-order valence-corrected chi connectivity index (χ4v) is 3.37. The maximum absolute atomic E-state index is 12.8. The molecule has 1 aromatic rings. The lowest BCUT2D eigenvalue weighted by atomic mass is 9.96. The van der Waals surface area contributed by atoms with Crippen molar-refractivity contribution in [2.45, 2.75) is 58.2 Å². The molecule has 2 rings (SSSR count). The largest absolute Gasteiger partial charge is 0.375 e. The molecule has 1 aliphatic rings. The first kappa shape index (κ1) is 19.2. The van der Waals surface area contributed by atoms with Crippen LogP contribution < -0.4 is 10.6 Å². The highest BCUT2D eigenvalue weighted by atomic mass is 16.5. The van der Waals surface area contributed by atoms with Crippen LogP contribution in [0.3, 0.4) is 0 Å². The van der Waals surface area contributed by atoms with Crippen molar-refractivity contribution < 1.29 is 14.3 Å². The number of benzene rings is 1. The highest BCUT2D eigenvalue weighted by Crippen LogP contribution is 2.24. The van der Waals surface area contributed by atoms with Crippen LogP contribution in [0.5, 0.6) is 0 Å². The average Bonchev–Trinajstić information content (AvgIpc) is 2.56. The quantitative estimate of drug-likeness (QED) is 0.830. The number of carbonyl (C=O) groups excluding carboxylic acids is 2. The van der Waals surface area contributed by atoms with Gasteiger partial charge in [0.05, 0.1) is 0 Å². The van der Waals surface area contributed by atoms with Crippen molar-refractivity contribution in [3.05, 3.63) is 24.3 Å². The first-order valence-electron chi connectivity index (χ1n) is 8.90. The molecule has 0 bridgehead atoms. The molecular weight excluding hydrogens is 318 g/mol. The molecule has 0 aliphatic carbocycles. The molecule has 1 saturated heterocycles. The van der Waals surface area contributed by atoms with E-state index in [-0.39, 0.29) is 24.5 Å². The Morgan fingerprint density at radius 2 is 1.72 bits per heavy atom. The number of nitrogens with zero attached hydrogens (tertiary/aromatic N) is 1. The minimum Gasteiger partial charge on any atom is -0.375 e. The third kappa shape index (κ3) is 5.19. The number of hydrogen-bond donors (Lipinski definition) is 2. The molecular formula is C19H29N3O3. The Morgan fingerprint density at radius 1 is 1.16 bits per heavy atom. The van der Waals surface area contributed by atoms with Crippen LogP contribution in [0.4, 0.5) is 11.4 Å². The van der Waals surface area contributed by atoms with Crippen LogP contribution in [0.1, 0.15) is 40.0 Å². The van der Waals surface area contributed by atoms with E-state index >= 15 is 0 Å². The molecule has 0 radical (unpaired) electrons. The second kappa shape index (κ2) is 8.85. The van der Waals surface area contributed by atoms with Crippen LogP contribution in [0, 0.1) is 0 Å². The number of hydrogen-bond acceptors (Lipinski definition) is 4. The summed E-state index contributed by atoms with van der Waals surface area (Å²) in [5.41, 5.74) is 1.55. The Hall–Kier alpha value is -2.08. The molecule has 2 amide bonds. The van der Waals surface area contributed by atoms with E-state index in [2.05, 4.69) is 24.5 Å². The highest BCUT2D eigenvalue weighted by Gasteiger charge is 2.31. The lowest BCUT2D eigenvalue weighted by molar-refractivity contribution is -0.137. The second-order valence-electron chi connectivity index (χ2n) is 6.80. The summed E-state index contributed by atoms with van der Waals surface area (Å²) < 4.78 is 4.79. The molecule has 138 valence electrons. The molecule has 3 atom stereocenters. The number of rotatable bonds is 6. The fraction of sp³-hybridized carbons (Fsp3) is 0.579. The van der Waals surface area contributed by atoms with Gasteiger partial charge in [-0.2, -0.15) is 0 Å². The Balaban J connectivity index is 1.94. The van der Waals surface area contributed by atoms with Crippen molar-refractivity contribution in [1.29, 1.82) is 0 Å². The first-order chi connectivity index (χ1) is 11.9. The van der Waals surface area contributed by atoms with Crippen LogP contribution >= 0.6 is 0 Å². The zero-order valence-corrected chi connectivity index (χ0v) is 15.5. The zero-order chi connectivity index (χ0) is 18.4. The number of piperidine rings is 1. The van der Waals surface area contributed by atoms with Gasteiger partial charge in [0, 0.05) is 30.6 Å². The van der Waals surface area contributed by atoms with Gasteiger partial charge in [-0.25, -0.2) is 0 Å². The Kier molecular flexibility index (Phi) is 6.82. The van der Waals surface area contributed by atoms with E-state index in [0.29, 0.717) is 17.8 Å². The Bertz CT molecular complexity index is 578. The standard InChI is InChI=1S/C19H29N3O3/c1-13-6-5-7-14(2)22(13)19(24)15(3)20-16-8-10-17(11-9-16)21-18(23)12-25-4/h8-11,13-15,20H,5-7,12H2,1-4H3,(H,21,23)/t13-,14-,15+/m0/s1. The smallest absolute Gasteiger partial charge is 0.250 e. The maximum atomic E-state index is 12.8. The number of methoxy groups -OCH3 is 1. The van der Waals surface area contributed by atoms with E-state index in [1.54, 1.807) is 12.1 Å². The average molecular weight is 347 g/mol. The number of carbonyl (C=O) groups is 2. The molecule has 1 aliphatic heterocycles. The SMILES string of the molecule is COCC(=O)Nc1ccc(N[C@H](C)C(=O)N2[C@@H](C)CCC[C@@H]2C)cc1. The zero-order valence-electron chi connectivity index (χ0n) is 15.5. The van der Waals surface area contributed by atoms with Gasteiger partial charge in [-0.1, -0.05) is 0 Å². The van der Waals surface area contributed by atoms with Gasteiger partial charge < -0.3 is 20.3 Å². The molecule has 2 N–H and O–H groups in total. The van der Waals surface area contributed by atoms with E-state index in [4.69, 9.17) is 4.74 Å². The molecule has 0 spiro atoms. The topological polar surface area (TPSA) is 70.7 Å². The normalized spacial score (nSPS) is 21.5. The highest BCUT2D eigenvalue weighted by molar-refractivity contribution is 5.92. The van der Waals surface area contributed by atoms with Gasteiger partial charge in [0.15, 0.2) is 0 Å². The van der Waals surface area contributed by atoms with Crippen molar-refractivity contribution in [3.8, 4) is 0 Å². The Labute approximate surface area is 149 Å². The predicted octanol–water partition coefficient (Wildman–Crippen LogP) is 2.86. The van der Waals surface area contributed by atoms with Crippen LogP contribution in [-0.2, 0) is 14.3 Å². The van der Waals surface area contributed by atoms with Gasteiger partial charge in [0.25, 0.3) is 0 Å². The lowest BCUT2D eigenvalue weighted by Crippen LogP contribution is -2.52.